The van der Waals surface area contributed by atoms with Crippen LogP contribution in [0.4, 0.5) is 29.1 Å². The Morgan fingerprint density at radius 1 is 0.500 bits per heavy atom. The van der Waals surface area contributed by atoms with Crippen molar-refractivity contribution in [2.24, 2.45) is 20.0 Å². The molecule has 1 aliphatic carbocycles. The number of fused-ring (bicyclic) bond motifs is 6. The van der Waals surface area contributed by atoms with E-state index < -0.39 is 0 Å². The molecule has 4 aliphatic rings. The van der Waals surface area contributed by atoms with E-state index in [1.165, 1.54) is 43.2 Å². The minimum absolute atomic E-state index is 0.211. The third-order valence-corrected chi connectivity index (χ3v) is 21.4. The average Bonchev–Trinajstić information content (AvgIpc) is 1.60. The molecule has 17 rings (SSSR count). The standard InChI is InChI=1S/2C20H22BrN7.C19H23BrN6O.C11H14BrN5/c1-27-12-24-17-8-13(2-3-18(17)27)10-23-19-9-16(14-4-6-22-7-5-14)26-20-15(21)11-25-28(19)20;1-27-12-24-17-7-13(4-5-18(17)27)9-23-19-8-16(14-3-2-6-22-10-14)26-20-15(21)11-25-28(19)20;20-15-11-23-26-18(22-10-13-4-3-7-21-9-13)8-17(25-19(15)26)24-16-6-2-1-5-14(16)12-27;12-8-6-15-17-10(13)4-9(16-11(8)17)7-2-1-3-14-5-7/h2-3,8-9,11-12,14,22-23H,4-7,10H2,1H3;4-5,7-8,11-12,14,22-23H,2-3,6,9-10H2,1H3;3-4,7-9,11,14,16,22,27H,1-2,5-6,10,12H2,(H,24,25);4,6-7,14H,1-3,5,13H2/t;;14-,16-;/m..0./s1. The van der Waals surface area contributed by atoms with Gasteiger partial charge in [0.05, 0.1) is 88.8 Å². The molecule has 0 radical (unpaired) electrons. The molecule has 13 aromatic rings. The fourth-order valence-electron chi connectivity index (χ4n) is 13.7. The largest absolute Gasteiger partial charge is 0.396 e. The van der Waals surface area contributed by atoms with Crippen LogP contribution in [0, 0.1) is 5.92 Å². The number of imidazole rings is 2. The lowest BCUT2D eigenvalue weighted by Crippen LogP contribution is -2.34. The molecule has 10 N–H and O–H groups in total. The van der Waals surface area contributed by atoms with E-state index >= 15 is 0 Å². The second-order valence-electron chi connectivity index (χ2n) is 26.0. The summed E-state index contributed by atoms with van der Waals surface area (Å²) in [7, 11) is 4.02. The van der Waals surface area contributed by atoms with Crippen LogP contribution in [0.1, 0.15) is 116 Å². The number of anilines is 5. The van der Waals surface area contributed by atoms with Gasteiger partial charge in [-0.3, -0.25) is 4.98 Å². The Kier molecular flexibility index (Phi) is 21.9. The number of rotatable bonds is 15. The summed E-state index contributed by atoms with van der Waals surface area (Å²) in [6, 6.07) is 25.2. The number of pyridine rings is 1. The number of nitrogens with two attached hydrogens (primary N) is 1. The summed E-state index contributed by atoms with van der Waals surface area (Å²) in [5.74, 6) is 5.86. The number of halogens is 4. The Labute approximate surface area is 611 Å². The summed E-state index contributed by atoms with van der Waals surface area (Å²) >= 11 is 14.1. The molecule has 30 heteroatoms. The normalized spacial score (nSPS) is 18.1. The molecule has 2 unspecified atom stereocenters. The van der Waals surface area contributed by atoms with Gasteiger partial charge in [-0.2, -0.15) is 38.5 Å². The van der Waals surface area contributed by atoms with Crippen LogP contribution < -0.4 is 43.0 Å². The van der Waals surface area contributed by atoms with E-state index in [-0.39, 0.29) is 18.6 Å². The highest BCUT2D eigenvalue weighted by molar-refractivity contribution is 9.11. The molecule has 3 saturated heterocycles. The number of aliphatic hydroxyl groups excluding tert-OH is 1. The van der Waals surface area contributed by atoms with Gasteiger partial charge in [-0.25, -0.2) is 29.9 Å². The molecule has 0 amide bonds. The van der Waals surface area contributed by atoms with E-state index in [9.17, 15) is 5.11 Å². The van der Waals surface area contributed by atoms with Crippen LogP contribution in [-0.2, 0) is 33.7 Å². The van der Waals surface area contributed by atoms with Gasteiger partial charge in [-0.05, 0) is 188 Å². The molecule has 4 atom stereocenters. The third-order valence-electron chi connectivity index (χ3n) is 19.2. The van der Waals surface area contributed by atoms with Crippen LogP contribution >= 0.6 is 63.7 Å². The lowest BCUT2D eigenvalue weighted by molar-refractivity contribution is 0.178. The molecule has 1 saturated carbocycles. The van der Waals surface area contributed by atoms with Crippen molar-refractivity contribution < 1.29 is 5.11 Å². The fourth-order valence-corrected chi connectivity index (χ4v) is 15.1. The summed E-state index contributed by atoms with van der Waals surface area (Å²) in [5, 5.41) is 51.6. The summed E-state index contributed by atoms with van der Waals surface area (Å²) in [6.45, 7) is 8.50. The second-order valence-corrected chi connectivity index (χ2v) is 29.5. The number of aliphatic hydroxyl groups is 1. The van der Waals surface area contributed by atoms with Crippen LogP contribution in [0.15, 0.2) is 141 Å². The summed E-state index contributed by atoms with van der Waals surface area (Å²) in [6.07, 6.45) is 25.8. The van der Waals surface area contributed by atoms with Crippen molar-refractivity contribution in [3.8, 4) is 0 Å². The van der Waals surface area contributed by atoms with Gasteiger partial charge in [0.1, 0.15) is 29.1 Å². The predicted molar refractivity (Wildman–Crippen MR) is 406 cm³/mol. The maximum Gasteiger partial charge on any atom is 0.173 e. The highest BCUT2D eigenvalue weighted by atomic mass is 79.9. The molecule has 11 aromatic heterocycles. The zero-order valence-electron chi connectivity index (χ0n) is 55.7. The molecule has 3 aliphatic heterocycles. The number of aromatic nitrogens is 17. The summed E-state index contributed by atoms with van der Waals surface area (Å²) in [5.41, 5.74) is 20.3. The van der Waals surface area contributed by atoms with Crippen LogP contribution in [-0.4, -0.2) is 140 Å². The smallest absolute Gasteiger partial charge is 0.173 e. The minimum atomic E-state index is 0.211. The van der Waals surface area contributed by atoms with E-state index in [1.54, 1.807) is 40.0 Å². The molecular formula is C70H81Br4N25O. The van der Waals surface area contributed by atoms with Crippen molar-refractivity contribution in [1.29, 1.82) is 0 Å². The number of nitrogens with zero attached hydrogens (tertiary/aromatic N) is 17. The van der Waals surface area contributed by atoms with Crippen LogP contribution in [0.5, 0.6) is 0 Å². The highest BCUT2D eigenvalue weighted by Crippen LogP contribution is 2.34. The molecule has 14 heterocycles. The van der Waals surface area contributed by atoms with Gasteiger partial charge in [0, 0.05) is 125 Å². The predicted octanol–water partition coefficient (Wildman–Crippen LogP) is 11.9. The second kappa shape index (κ2) is 31.8. The zero-order chi connectivity index (χ0) is 68.6. The molecule has 0 bridgehead atoms. The average molecular weight is 1610 g/mol. The van der Waals surface area contributed by atoms with Crippen molar-refractivity contribution in [3.05, 3.63) is 174 Å². The first-order chi connectivity index (χ1) is 48.9. The zero-order valence-corrected chi connectivity index (χ0v) is 62.1. The number of nitrogen functional groups attached to an aromatic ring is 1. The number of benzene rings is 2. The Morgan fingerprint density at radius 3 is 1.51 bits per heavy atom. The van der Waals surface area contributed by atoms with Crippen molar-refractivity contribution in [3.63, 3.8) is 0 Å². The van der Waals surface area contributed by atoms with Gasteiger partial charge >= 0.3 is 0 Å². The van der Waals surface area contributed by atoms with Crippen molar-refractivity contribution >= 4 is 137 Å². The van der Waals surface area contributed by atoms with Crippen molar-refractivity contribution in [2.75, 3.05) is 72.9 Å². The van der Waals surface area contributed by atoms with Gasteiger partial charge in [0.15, 0.2) is 22.6 Å². The third kappa shape index (κ3) is 15.8. The highest BCUT2D eigenvalue weighted by Gasteiger charge is 2.27. The van der Waals surface area contributed by atoms with Crippen molar-refractivity contribution in [2.45, 2.75) is 108 Å². The van der Waals surface area contributed by atoms with Crippen molar-refractivity contribution in [1.82, 2.24) is 98.4 Å². The van der Waals surface area contributed by atoms with Gasteiger partial charge < -0.3 is 57.2 Å². The van der Waals surface area contributed by atoms with E-state index in [0.29, 0.717) is 43.2 Å². The SMILES string of the molecule is Cn1cnc2cc(CNc3cc(C4CCCNC4)nc4c(Br)cnn34)ccc21.Cn1cnc2cc(CNc3cc(C4CCNCC4)nc4c(Br)cnn34)ccc21.Nc1cc(C2CCCNC2)nc2c(Br)cnn12.OC[C@@H]1CCCC[C@@H]1Nc1cc(NCc2cccnc2)n2ncc(Br)c2n1. The fraction of sp³-hybridized carbons (Fsp3) is 0.386. The first-order valence-electron chi connectivity index (χ1n) is 34.2. The number of hydrogen-bond donors (Lipinski definition) is 9. The monoisotopic (exact) mass is 1600 g/mol. The number of aryl methyl sites for hydroxylation is 2. The molecule has 100 heavy (non-hydrogen) atoms. The first-order valence-corrected chi connectivity index (χ1v) is 37.4. The van der Waals surface area contributed by atoms with E-state index in [4.69, 9.17) is 20.7 Å². The Balaban J connectivity index is 0.000000115. The number of hydrogen-bond acceptors (Lipinski definition) is 20. The molecule has 2 aromatic carbocycles. The Morgan fingerprint density at radius 2 is 0.990 bits per heavy atom. The number of piperidine rings is 3. The van der Waals surface area contributed by atoms with E-state index in [0.717, 1.165) is 180 Å². The number of nitrogens with one attached hydrogen (secondary N) is 7. The topological polar surface area (TPSA) is 300 Å². The molecule has 4 fully saturated rings. The van der Waals surface area contributed by atoms with Gasteiger partial charge in [-0.1, -0.05) is 31.0 Å². The van der Waals surface area contributed by atoms with Crippen LogP contribution in [0.3, 0.4) is 0 Å². The quantitative estimate of drug-likeness (QED) is 0.0461. The lowest BCUT2D eigenvalue weighted by atomic mass is 9.85. The Hall–Kier alpha value is -8.23. The minimum Gasteiger partial charge on any atom is -0.396 e. The molecule has 0 spiro atoms. The first kappa shape index (κ1) is 68.9. The van der Waals surface area contributed by atoms with E-state index in [2.05, 4.69) is 190 Å². The van der Waals surface area contributed by atoms with Gasteiger partial charge in [0.2, 0.25) is 0 Å². The Bertz CT molecular complexity index is 4750. The lowest BCUT2D eigenvalue weighted by Gasteiger charge is -2.31. The van der Waals surface area contributed by atoms with Gasteiger partial charge in [0.25, 0.3) is 0 Å². The molecule has 26 nitrogen and oxygen atoms in total. The maximum atomic E-state index is 9.69. The van der Waals surface area contributed by atoms with Gasteiger partial charge in [-0.15, -0.1) is 0 Å². The summed E-state index contributed by atoms with van der Waals surface area (Å²) in [4.78, 5) is 32.2. The molecular weight excluding hydrogens is 1530 g/mol. The maximum absolute atomic E-state index is 9.69. The van der Waals surface area contributed by atoms with E-state index in [1.807, 2.05) is 75.4 Å². The van der Waals surface area contributed by atoms with Crippen LogP contribution in [0.25, 0.3) is 44.7 Å². The summed E-state index contributed by atoms with van der Waals surface area (Å²) < 4.78 is 14.8. The molecule has 520 valence electrons. The van der Waals surface area contributed by atoms with Crippen LogP contribution in [0.2, 0.25) is 0 Å².